The zero-order chi connectivity index (χ0) is 31.9. The first-order valence-corrected chi connectivity index (χ1v) is 15.3. The number of carbonyl (C=O) groups is 1. The molecule has 234 valence electrons. The zero-order valence-corrected chi connectivity index (χ0v) is 25.8. The molecule has 0 aliphatic heterocycles. The van der Waals surface area contributed by atoms with E-state index in [-0.39, 0.29) is 18.1 Å². The highest BCUT2D eigenvalue weighted by Gasteiger charge is 2.31. The summed E-state index contributed by atoms with van der Waals surface area (Å²) in [6, 6.07) is 17.7. The second-order valence-corrected chi connectivity index (χ2v) is 11.4. The van der Waals surface area contributed by atoms with Crippen molar-refractivity contribution in [3.63, 3.8) is 0 Å². The highest BCUT2D eigenvalue weighted by molar-refractivity contribution is 5.91. The third kappa shape index (κ3) is 7.29. The molecule has 4 aromatic heterocycles. The fourth-order valence-corrected chi connectivity index (χ4v) is 5.65. The van der Waals surface area contributed by atoms with Crippen LogP contribution in [0.4, 0.5) is 22.4 Å². The molecule has 0 saturated heterocycles. The van der Waals surface area contributed by atoms with Gasteiger partial charge in [-0.2, -0.15) is 20.4 Å². The van der Waals surface area contributed by atoms with Crippen LogP contribution in [0.15, 0.2) is 79.5 Å². The van der Waals surface area contributed by atoms with Crippen LogP contribution in [0.3, 0.4) is 0 Å². The first-order chi connectivity index (χ1) is 22.4. The maximum Gasteiger partial charge on any atom is 0.323 e. The number of benzene rings is 1. The fraction of sp³-hybridized carbons (Fsp3) is 0.303. The van der Waals surface area contributed by atoms with Crippen LogP contribution in [0.2, 0.25) is 0 Å². The van der Waals surface area contributed by atoms with Gasteiger partial charge in [-0.05, 0) is 49.4 Å². The summed E-state index contributed by atoms with van der Waals surface area (Å²) >= 11 is 0. The number of nitriles is 1. The first kappa shape index (κ1) is 30.3. The molecule has 1 fully saturated rings. The number of amides is 2. The Morgan fingerprint density at radius 2 is 1.78 bits per heavy atom. The van der Waals surface area contributed by atoms with Crippen LogP contribution < -0.4 is 20.9 Å². The van der Waals surface area contributed by atoms with Crippen molar-refractivity contribution < 1.29 is 4.79 Å². The van der Waals surface area contributed by atoms with E-state index >= 15 is 0 Å². The van der Waals surface area contributed by atoms with Crippen LogP contribution in [-0.4, -0.2) is 52.6 Å². The van der Waals surface area contributed by atoms with E-state index in [1.807, 2.05) is 75.0 Å². The smallest absolute Gasteiger partial charge is 0.323 e. The lowest BCUT2D eigenvalue weighted by atomic mass is 9.90. The monoisotopic (exact) mass is 616 g/mol. The fourth-order valence-electron chi connectivity index (χ4n) is 5.65. The van der Waals surface area contributed by atoms with E-state index in [1.165, 1.54) is 6.20 Å². The number of hydrogen-bond donors (Lipinski definition) is 3. The second-order valence-electron chi connectivity index (χ2n) is 11.4. The lowest BCUT2D eigenvalue weighted by Crippen LogP contribution is -2.49. The lowest BCUT2D eigenvalue weighted by Gasteiger charge is -2.36. The molecule has 5 aromatic rings. The standard InChI is InChI=1S/C33H36N12O/c1-43-15-14-28(42-43)21-36-31-25(16-34)19-37-32(41-31)40-27-9-11-29(12-10-27)45(33(46)38-17-23-6-4-3-5-7-23)30-13-8-24(18-35-30)26-20-39-44(2)22-26/h3-8,13-15,18-20,22,27,29H,9-12,17,21H2,1-2H3,(H,38,46)(H2,36,37,40,41). The number of hydrogen-bond acceptors (Lipinski definition) is 9. The number of pyridine rings is 1. The molecule has 0 unspecified atom stereocenters. The quantitative estimate of drug-likeness (QED) is 0.204. The molecule has 0 spiro atoms. The third-order valence-corrected chi connectivity index (χ3v) is 8.05. The van der Waals surface area contributed by atoms with Crippen molar-refractivity contribution in [2.24, 2.45) is 14.1 Å². The molecular weight excluding hydrogens is 580 g/mol. The van der Waals surface area contributed by atoms with Gasteiger partial charge in [0.05, 0.1) is 24.6 Å². The van der Waals surface area contributed by atoms with Gasteiger partial charge in [-0.25, -0.2) is 14.8 Å². The third-order valence-electron chi connectivity index (χ3n) is 8.05. The van der Waals surface area contributed by atoms with E-state index in [0.29, 0.717) is 36.2 Å². The maximum absolute atomic E-state index is 13.7. The molecule has 2 amide bonds. The summed E-state index contributed by atoms with van der Waals surface area (Å²) in [6.45, 7) is 0.865. The topological polar surface area (TPSA) is 154 Å². The maximum atomic E-state index is 13.7. The summed E-state index contributed by atoms with van der Waals surface area (Å²) in [5, 5.41) is 28.0. The van der Waals surface area contributed by atoms with Gasteiger partial charge in [0.2, 0.25) is 5.95 Å². The predicted octanol–water partition coefficient (Wildman–Crippen LogP) is 4.63. The van der Waals surface area contributed by atoms with Gasteiger partial charge in [-0.3, -0.25) is 14.3 Å². The Morgan fingerprint density at radius 3 is 2.46 bits per heavy atom. The van der Waals surface area contributed by atoms with Crippen LogP contribution in [0.1, 0.15) is 42.5 Å². The molecule has 13 nitrogen and oxygen atoms in total. The van der Waals surface area contributed by atoms with E-state index in [2.05, 4.69) is 42.2 Å². The van der Waals surface area contributed by atoms with Crippen LogP contribution in [0.25, 0.3) is 11.1 Å². The summed E-state index contributed by atoms with van der Waals surface area (Å²) in [7, 11) is 3.74. The predicted molar refractivity (Wildman–Crippen MR) is 175 cm³/mol. The van der Waals surface area contributed by atoms with Crippen molar-refractivity contribution in [2.45, 2.75) is 50.9 Å². The largest absolute Gasteiger partial charge is 0.363 e. The van der Waals surface area contributed by atoms with Gasteiger partial charge in [0.25, 0.3) is 0 Å². The first-order valence-electron chi connectivity index (χ1n) is 15.3. The number of nitrogens with one attached hydrogen (secondary N) is 3. The zero-order valence-electron chi connectivity index (χ0n) is 25.8. The van der Waals surface area contributed by atoms with Crippen LogP contribution >= 0.6 is 0 Å². The number of aryl methyl sites for hydroxylation is 2. The number of carbonyl (C=O) groups excluding carboxylic acids is 1. The minimum Gasteiger partial charge on any atom is -0.363 e. The molecule has 1 aliphatic carbocycles. The van der Waals surface area contributed by atoms with Gasteiger partial charge in [-0.15, -0.1) is 0 Å². The molecule has 46 heavy (non-hydrogen) atoms. The normalized spacial score (nSPS) is 15.9. The Labute approximate surface area is 267 Å². The van der Waals surface area contributed by atoms with Gasteiger partial charge in [-0.1, -0.05) is 30.3 Å². The molecule has 1 saturated carbocycles. The summed E-state index contributed by atoms with van der Waals surface area (Å²) in [4.78, 5) is 29.2. The average molecular weight is 617 g/mol. The van der Waals surface area contributed by atoms with E-state index in [0.717, 1.165) is 48.1 Å². The van der Waals surface area contributed by atoms with Crippen molar-refractivity contribution in [3.8, 4) is 17.2 Å². The Bertz CT molecular complexity index is 1800. The minimum atomic E-state index is -0.180. The van der Waals surface area contributed by atoms with E-state index < -0.39 is 0 Å². The number of rotatable bonds is 10. The molecule has 6 rings (SSSR count). The van der Waals surface area contributed by atoms with Crippen LogP contribution in [-0.2, 0) is 27.2 Å². The minimum absolute atomic E-state index is 0.0388. The summed E-state index contributed by atoms with van der Waals surface area (Å²) in [6.07, 6.45) is 12.1. The molecule has 1 aromatic carbocycles. The summed E-state index contributed by atoms with van der Waals surface area (Å²) in [5.41, 5.74) is 4.14. The van der Waals surface area contributed by atoms with Crippen molar-refractivity contribution in [3.05, 3.63) is 96.3 Å². The van der Waals surface area contributed by atoms with Gasteiger partial charge in [0.1, 0.15) is 23.3 Å². The van der Waals surface area contributed by atoms with Gasteiger partial charge in [0, 0.05) is 62.4 Å². The Morgan fingerprint density at radius 1 is 0.957 bits per heavy atom. The van der Waals surface area contributed by atoms with Gasteiger partial charge in [0.15, 0.2) is 0 Å². The van der Waals surface area contributed by atoms with Crippen molar-refractivity contribution in [2.75, 3.05) is 15.5 Å². The molecule has 4 heterocycles. The van der Waals surface area contributed by atoms with Crippen molar-refractivity contribution >= 4 is 23.6 Å². The summed E-state index contributed by atoms with van der Waals surface area (Å²) < 4.78 is 3.48. The molecule has 0 bridgehead atoms. The van der Waals surface area contributed by atoms with Crippen LogP contribution in [0, 0.1) is 11.3 Å². The van der Waals surface area contributed by atoms with E-state index in [4.69, 9.17) is 4.98 Å². The van der Waals surface area contributed by atoms with Gasteiger partial charge < -0.3 is 16.0 Å². The molecule has 1 aliphatic rings. The molecule has 0 atom stereocenters. The van der Waals surface area contributed by atoms with E-state index in [1.54, 1.807) is 26.7 Å². The Hall–Kier alpha value is -5.77. The molecule has 13 heteroatoms. The van der Waals surface area contributed by atoms with Gasteiger partial charge >= 0.3 is 6.03 Å². The highest BCUT2D eigenvalue weighted by Crippen LogP contribution is 2.30. The van der Waals surface area contributed by atoms with Crippen molar-refractivity contribution in [1.82, 2.24) is 39.8 Å². The van der Waals surface area contributed by atoms with Crippen LogP contribution in [0.5, 0.6) is 0 Å². The number of urea groups is 1. The molecule has 3 N–H and O–H groups in total. The van der Waals surface area contributed by atoms with E-state index in [9.17, 15) is 10.1 Å². The Balaban J connectivity index is 1.13. The molecular formula is C33H36N12O. The highest BCUT2D eigenvalue weighted by atomic mass is 16.2. The number of nitrogens with zero attached hydrogens (tertiary/aromatic N) is 9. The average Bonchev–Trinajstić information content (AvgIpc) is 3.72. The molecule has 0 radical (unpaired) electrons. The van der Waals surface area contributed by atoms with Crippen molar-refractivity contribution in [1.29, 1.82) is 5.26 Å². The number of anilines is 3. The summed E-state index contributed by atoms with van der Waals surface area (Å²) in [5.74, 6) is 1.52. The number of aromatic nitrogens is 7. The lowest BCUT2D eigenvalue weighted by molar-refractivity contribution is 0.240. The Kier molecular flexibility index (Phi) is 9.14. The SMILES string of the molecule is Cn1cc(-c2ccc(N(C(=O)NCc3ccccc3)C3CCC(Nc4ncc(C#N)c(NCc5ccn(C)n5)n4)CC3)nc2)cn1. The second kappa shape index (κ2) is 13.9.